The largest absolute Gasteiger partial charge is 0.351 e. The Labute approximate surface area is 169 Å². The SMILES string of the molecule is O=C(NCCN1CCN(Cc2ccccc2)CC1)c1cnc2ccccn2c1=O. The van der Waals surface area contributed by atoms with Crippen LogP contribution in [-0.4, -0.2) is 64.4 Å². The smallest absolute Gasteiger partial charge is 0.270 e. The summed E-state index contributed by atoms with van der Waals surface area (Å²) in [7, 11) is 0. The first-order chi connectivity index (χ1) is 14.2. The van der Waals surface area contributed by atoms with Crippen LogP contribution >= 0.6 is 0 Å². The molecule has 0 unspecified atom stereocenters. The van der Waals surface area contributed by atoms with Gasteiger partial charge in [-0.15, -0.1) is 0 Å². The van der Waals surface area contributed by atoms with Crippen molar-refractivity contribution in [3.05, 3.63) is 82.4 Å². The highest BCUT2D eigenvalue weighted by molar-refractivity contribution is 5.93. The van der Waals surface area contributed by atoms with Gasteiger partial charge in [0.15, 0.2) is 0 Å². The third kappa shape index (κ3) is 4.70. The number of amides is 1. The Bertz CT molecular complexity index is 1030. The summed E-state index contributed by atoms with van der Waals surface area (Å²) in [6.07, 6.45) is 2.98. The molecule has 1 amide bonds. The molecule has 7 nitrogen and oxygen atoms in total. The minimum atomic E-state index is -0.372. The number of carbonyl (C=O) groups excluding carboxylic acids is 1. The molecule has 1 aromatic carbocycles. The fraction of sp³-hybridized carbons (Fsp3) is 0.318. The Morgan fingerprint density at radius 2 is 1.69 bits per heavy atom. The van der Waals surface area contributed by atoms with E-state index in [1.54, 1.807) is 24.4 Å². The van der Waals surface area contributed by atoms with E-state index in [0.29, 0.717) is 12.2 Å². The Kier molecular flexibility index (Phi) is 5.97. The molecule has 1 fully saturated rings. The molecular formula is C22H25N5O2. The average molecular weight is 391 g/mol. The van der Waals surface area contributed by atoms with Crippen molar-refractivity contribution in [1.29, 1.82) is 0 Å². The van der Waals surface area contributed by atoms with Crippen molar-refractivity contribution in [3.8, 4) is 0 Å². The number of piperazine rings is 1. The summed E-state index contributed by atoms with van der Waals surface area (Å²) in [6.45, 7) is 6.23. The van der Waals surface area contributed by atoms with Crippen LogP contribution in [-0.2, 0) is 6.54 Å². The van der Waals surface area contributed by atoms with Crippen LogP contribution < -0.4 is 10.9 Å². The van der Waals surface area contributed by atoms with Crippen molar-refractivity contribution in [2.24, 2.45) is 0 Å². The van der Waals surface area contributed by atoms with E-state index >= 15 is 0 Å². The molecule has 2 aromatic heterocycles. The second-order valence-electron chi connectivity index (χ2n) is 7.27. The van der Waals surface area contributed by atoms with Crippen LogP contribution in [0.4, 0.5) is 0 Å². The number of aromatic nitrogens is 2. The summed E-state index contributed by atoms with van der Waals surface area (Å²) in [4.78, 5) is 33.9. The molecule has 3 heterocycles. The van der Waals surface area contributed by atoms with Gasteiger partial charge in [0.05, 0.1) is 0 Å². The summed E-state index contributed by atoms with van der Waals surface area (Å²) >= 11 is 0. The van der Waals surface area contributed by atoms with Crippen molar-refractivity contribution >= 4 is 11.6 Å². The van der Waals surface area contributed by atoms with Gasteiger partial charge < -0.3 is 5.32 Å². The van der Waals surface area contributed by atoms with Gasteiger partial charge in [-0.1, -0.05) is 36.4 Å². The van der Waals surface area contributed by atoms with Gasteiger partial charge in [0.1, 0.15) is 11.2 Å². The molecule has 0 spiro atoms. The Balaban J connectivity index is 1.24. The van der Waals surface area contributed by atoms with Crippen molar-refractivity contribution in [3.63, 3.8) is 0 Å². The third-order valence-corrected chi connectivity index (χ3v) is 5.29. The Morgan fingerprint density at radius 3 is 2.48 bits per heavy atom. The number of benzene rings is 1. The molecule has 0 bridgehead atoms. The van der Waals surface area contributed by atoms with E-state index in [1.165, 1.54) is 16.2 Å². The quantitative estimate of drug-likeness (QED) is 0.685. The van der Waals surface area contributed by atoms with Gasteiger partial charge in [0, 0.05) is 58.2 Å². The lowest BCUT2D eigenvalue weighted by molar-refractivity contribution is 0.0932. The molecule has 1 aliphatic rings. The van der Waals surface area contributed by atoms with Crippen LogP contribution in [0.5, 0.6) is 0 Å². The molecule has 0 saturated carbocycles. The third-order valence-electron chi connectivity index (χ3n) is 5.29. The number of carbonyl (C=O) groups is 1. The summed E-state index contributed by atoms with van der Waals surface area (Å²) in [5.74, 6) is -0.372. The van der Waals surface area contributed by atoms with Crippen LogP contribution in [0.15, 0.2) is 65.7 Å². The topological polar surface area (TPSA) is 70.0 Å². The van der Waals surface area contributed by atoms with Crippen LogP contribution in [0.3, 0.4) is 0 Å². The lowest BCUT2D eigenvalue weighted by atomic mass is 10.2. The number of fused-ring (bicyclic) bond motifs is 1. The van der Waals surface area contributed by atoms with E-state index in [0.717, 1.165) is 39.3 Å². The van der Waals surface area contributed by atoms with Gasteiger partial charge in [-0.05, 0) is 17.7 Å². The highest BCUT2D eigenvalue weighted by atomic mass is 16.2. The van der Waals surface area contributed by atoms with E-state index in [2.05, 4.69) is 44.4 Å². The zero-order chi connectivity index (χ0) is 20.1. The van der Waals surface area contributed by atoms with Gasteiger partial charge in [-0.25, -0.2) is 4.98 Å². The number of rotatable bonds is 6. The molecule has 4 rings (SSSR count). The van der Waals surface area contributed by atoms with Crippen LogP contribution in [0.25, 0.3) is 5.65 Å². The fourth-order valence-corrected chi connectivity index (χ4v) is 3.62. The summed E-state index contributed by atoms with van der Waals surface area (Å²) in [6, 6.07) is 15.8. The first-order valence-corrected chi connectivity index (χ1v) is 9.94. The van der Waals surface area contributed by atoms with Crippen molar-refractivity contribution in [2.75, 3.05) is 39.3 Å². The zero-order valence-electron chi connectivity index (χ0n) is 16.3. The van der Waals surface area contributed by atoms with Crippen LogP contribution in [0, 0.1) is 0 Å². The zero-order valence-corrected chi connectivity index (χ0v) is 16.3. The van der Waals surface area contributed by atoms with E-state index < -0.39 is 0 Å². The van der Waals surface area contributed by atoms with E-state index in [1.807, 2.05) is 6.07 Å². The second kappa shape index (κ2) is 8.98. The molecule has 0 aliphatic carbocycles. The normalized spacial score (nSPS) is 15.4. The van der Waals surface area contributed by atoms with Crippen molar-refractivity contribution in [2.45, 2.75) is 6.54 Å². The first kappa shape index (κ1) is 19.3. The molecule has 0 atom stereocenters. The maximum atomic E-state index is 12.5. The predicted molar refractivity (Wildman–Crippen MR) is 112 cm³/mol. The van der Waals surface area contributed by atoms with E-state index in [-0.39, 0.29) is 17.0 Å². The lowest BCUT2D eigenvalue weighted by Crippen LogP contribution is -2.48. The minimum absolute atomic E-state index is 0.0707. The minimum Gasteiger partial charge on any atom is -0.351 e. The predicted octanol–water partition coefficient (Wildman–Crippen LogP) is 1.24. The van der Waals surface area contributed by atoms with Gasteiger partial charge in [0.2, 0.25) is 0 Å². The Morgan fingerprint density at radius 1 is 0.966 bits per heavy atom. The molecule has 7 heteroatoms. The Hall–Kier alpha value is -3.03. The maximum Gasteiger partial charge on any atom is 0.270 e. The van der Waals surface area contributed by atoms with Gasteiger partial charge in [-0.3, -0.25) is 23.8 Å². The molecule has 1 aliphatic heterocycles. The van der Waals surface area contributed by atoms with Crippen LogP contribution in [0.2, 0.25) is 0 Å². The molecule has 29 heavy (non-hydrogen) atoms. The molecule has 1 N–H and O–H groups in total. The monoisotopic (exact) mass is 391 g/mol. The summed E-state index contributed by atoms with van der Waals surface area (Å²) < 4.78 is 1.39. The van der Waals surface area contributed by atoms with Gasteiger partial charge in [-0.2, -0.15) is 0 Å². The lowest BCUT2D eigenvalue weighted by Gasteiger charge is -2.34. The summed E-state index contributed by atoms with van der Waals surface area (Å²) in [5, 5.41) is 2.86. The summed E-state index contributed by atoms with van der Waals surface area (Å²) in [5.41, 5.74) is 1.59. The molecular weight excluding hydrogens is 366 g/mol. The van der Waals surface area contributed by atoms with Crippen molar-refractivity contribution < 1.29 is 4.79 Å². The van der Waals surface area contributed by atoms with Gasteiger partial charge >= 0.3 is 0 Å². The molecule has 1 saturated heterocycles. The van der Waals surface area contributed by atoms with E-state index in [4.69, 9.17) is 0 Å². The first-order valence-electron chi connectivity index (χ1n) is 9.94. The fourth-order valence-electron chi connectivity index (χ4n) is 3.62. The number of nitrogens with zero attached hydrogens (tertiary/aromatic N) is 4. The number of pyridine rings is 1. The standard InChI is InChI=1S/C22H25N5O2/c28-21(19-16-24-20-8-4-5-10-27(20)22(19)29)23-9-11-25-12-14-26(15-13-25)17-18-6-2-1-3-7-18/h1-8,10,16H,9,11-15,17H2,(H,23,28). The number of hydrogen-bond donors (Lipinski definition) is 1. The maximum absolute atomic E-state index is 12.5. The second-order valence-corrected chi connectivity index (χ2v) is 7.27. The highest BCUT2D eigenvalue weighted by Gasteiger charge is 2.17. The molecule has 3 aromatic rings. The molecule has 150 valence electrons. The van der Waals surface area contributed by atoms with Crippen molar-refractivity contribution in [1.82, 2.24) is 24.5 Å². The molecule has 0 radical (unpaired) electrons. The highest BCUT2D eigenvalue weighted by Crippen LogP contribution is 2.08. The number of hydrogen-bond acceptors (Lipinski definition) is 5. The van der Waals surface area contributed by atoms with Crippen LogP contribution in [0.1, 0.15) is 15.9 Å². The van der Waals surface area contributed by atoms with E-state index in [9.17, 15) is 9.59 Å². The number of nitrogens with one attached hydrogen (secondary N) is 1. The average Bonchev–Trinajstić information content (AvgIpc) is 2.76. The van der Waals surface area contributed by atoms with Gasteiger partial charge in [0.25, 0.3) is 11.5 Å².